The van der Waals surface area contributed by atoms with Gasteiger partial charge in [-0.1, -0.05) is 18.2 Å². The van der Waals surface area contributed by atoms with Crippen molar-refractivity contribution in [3.63, 3.8) is 0 Å². The second-order valence-electron chi connectivity index (χ2n) is 5.53. The predicted octanol–water partition coefficient (Wildman–Crippen LogP) is 1.96. The molecule has 0 unspecified atom stereocenters. The Morgan fingerprint density at radius 1 is 1.43 bits per heavy atom. The number of aryl methyl sites for hydroxylation is 1. The van der Waals surface area contributed by atoms with Crippen LogP contribution in [0.4, 0.5) is 0 Å². The highest BCUT2D eigenvalue weighted by Gasteiger charge is 2.43. The maximum atomic E-state index is 11.9. The highest BCUT2D eigenvalue weighted by molar-refractivity contribution is 5.92. The average Bonchev–Trinajstić information content (AvgIpc) is 3.30. The summed E-state index contributed by atoms with van der Waals surface area (Å²) < 4.78 is 5.00. The van der Waals surface area contributed by atoms with Gasteiger partial charge in [-0.3, -0.25) is 4.79 Å². The molecule has 1 N–H and O–H groups in total. The summed E-state index contributed by atoms with van der Waals surface area (Å²) in [5, 5.41) is 11.8. The van der Waals surface area contributed by atoms with E-state index in [2.05, 4.69) is 11.4 Å². The van der Waals surface area contributed by atoms with Crippen molar-refractivity contribution < 1.29 is 14.3 Å². The van der Waals surface area contributed by atoms with Crippen molar-refractivity contribution in [1.29, 1.82) is 5.26 Å². The molecule has 5 heteroatoms. The Morgan fingerprint density at radius 3 is 2.67 bits per heavy atom. The van der Waals surface area contributed by atoms with Crippen LogP contribution in [0, 0.1) is 24.2 Å². The van der Waals surface area contributed by atoms with Gasteiger partial charge in [0.25, 0.3) is 5.91 Å². The molecule has 0 spiro atoms. The Balaban J connectivity index is 1.88. The Kier molecular flexibility index (Phi) is 4.27. The quantitative estimate of drug-likeness (QED) is 0.839. The Hall–Kier alpha value is -2.35. The second-order valence-corrected chi connectivity index (χ2v) is 5.53. The maximum absolute atomic E-state index is 11.9. The van der Waals surface area contributed by atoms with Crippen LogP contribution < -0.4 is 5.32 Å². The summed E-state index contributed by atoms with van der Waals surface area (Å²) in [6, 6.07) is 9.15. The highest BCUT2D eigenvalue weighted by Crippen LogP contribution is 2.39. The van der Waals surface area contributed by atoms with Crippen LogP contribution in [-0.4, -0.2) is 24.0 Å². The number of ether oxygens (including phenoxy) is 1. The largest absolute Gasteiger partial charge is 0.452 e. The molecule has 2 rings (SSSR count). The first-order valence-corrected chi connectivity index (χ1v) is 6.91. The molecule has 21 heavy (non-hydrogen) atoms. The van der Waals surface area contributed by atoms with E-state index in [1.54, 1.807) is 32.0 Å². The minimum absolute atomic E-state index is 0.193. The van der Waals surface area contributed by atoms with Gasteiger partial charge in [0.05, 0.1) is 11.6 Å². The fraction of sp³-hybridized carbons (Fsp3) is 0.438. The van der Waals surface area contributed by atoms with E-state index in [0.717, 1.165) is 18.4 Å². The number of esters is 1. The van der Waals surface area contributed by atoms with E-state index >= 15 is 0 Å². The van der Waals surface area contributed by atoms with Crippen LogP contribution >= 0.6 is 0 Å². The molecule has 0 radical (unpaired) electrons. The van der Waals surface area contributed by atoms with Crippen LogP contribution in [-0.2, 0) is 9.53 Å². The van der Waals surface area contributed by atoms with E-state index in [-0.39, 0.29) is 12.5 Å². The van der Waals surface area contributed by atoms with Crippen LogP contribution in [0.15, 0.2) is 24.3 Å². The first-order valence-electron chi connectivity index (χ1n) is 6.91. The van der Waals surface area contributed by atoms with Gasteiger partial charge in [0.1, 0.15) is 5.54 Å². The number of nitriles is 1. The fourth-order valence-corrected chi connectivity index (χ4v) is 2.22. The van der Waals surface area contributed by atoms with Crippen molar-refractivity contribution in [3.8, 4) is 6.07 Å². The maximum Gasteiger partial charge on any atom is 0.338 e. The zero-order chi connectivity index (χ0) is 15.5. The number of carbonyl (C=O) groups excluding carboxylic acids is 2. The minimum Gasteiger partial charge on any atom is -0.452 e. The Bertz CT molecular complexity index is 602. The first-order chi connectivity index (χ1) is 9.96. The molecule has 0 aromatic heterocycles. The summed E-state index contributed by atoms with van der Waals surface area (Å²) in [6.07, 6.45) is 1.88. The Labute approximate surface area is 123 Å². The molecule has 1 saturated carbocycles. The minimum atomic E-state index is -0.869. The number of nitrogens with one attached hydrogen (secondary N) is 1. The van der Waals surface area contributed by atoms with Crippen LogP contribution in [0.3, 0.4) is 0 Å². The van der Waals surface area contributed by atoms with Crippen molar-refractivity contribution in [1.82, 2.24) is 5.32 Å². The molecular weight excluding hydrogens is 268 g/mol. The molecule has 0 aliphatic heterocycles. The molecule has 1 amide bonds. The summed E-state index contributed by atoms with van der Waals surface area (Å²) >= 11 is 0. The first kappa shape index (κ1) is 15.0. The van der Waals surface area contributed by atoms with Crippen molar-refractivity contribution >= 4 is 11.9 Å². The SMILES string of the molecule is Cc1ccccc1C(=O)OCC(=O)N[C@@](C)(C#N)C1CC1. The summed E-state index contributed by atoms with van der Waals surface area (Å²) in [5.74, 6) is -0.792. The molecule has 1 aliphatic rings. The van der Waals surface area contributed by atoms with Crippen molar-refractivity contribution in [2.75, 3.05) is 6.61 Å². The van der Waals surface area contributed by atoms with Crippen LogP contribution in [0.2, 0.25) is 0 Å². The van der Waals surface area contributed by atoms with Crippen molar-refractivity contribution in [3.05, 3.63) is 35.4 Å². The average molecular weight is 286 g/mol. The van der Waals surface area contributed by atoms with E-state index in [4.69, 9.17) is 10.00 Å². The lowest BCUT2D eigenvalue weighted by Gasteiger charge is -2.22. The van der Waals surface area contributed by atoms with Gasteiger partial charge >= 0.3 is 5.97 Å². The molecule has 0 heterocycles. The number of hydrogen-bond donors (Lipinski definition) is 1. The molecule has 1 fully saturated rings. The molecule has 110 valence electrons. The van der Waals surface area contributed by atoms with Crippen LogP contribution in [0.25, 0.3) is 0 Å². The van der Waals surface area contributed by atoms with Crippen molar-refractivity contribution in [2.45, 2.75) is 32.2 Å². The molecule has 0 bridgehead atoms. The highest BCUT2D eigenvalue weighted by atomic mass is 16.5. The van der Waals surface area contributed by atoms with Gasteiger partial charge in [-0.15, -0.1) is 0 Å². The molecular formula is C16H18N2O3. The third-order valence-electron chi connectivity index (χ3n) is 3.72. The van der Waals surface area contributed by atoms with E-state index in [1.807, 2.05) is 6.07 Å². The van der Waals surface area contributed by atoms with E-state index in [0.29, 0.717) is 5.56 Å². The summed E-state index contributed by atoms with van der Waals surface area (Å²) in [6.45, 7) is 3.12. The normalized spacial score (nSPS) is 16.4. The van der Waals surface area contributed by atoms with Crippen LogP contribution in [0.1, 0.15) is 35.7 Å². The molecule has 5 nitrogen and oxygen atoms in total. The Morgan fingerprint density at radius 2 is 2.10 bits per heavy atom. The number of benzene rings is 1. The number of amides is 1. The topological polar surface area (TPSA) is 79.2 Å². The third kappa shape index (κ3) is 3.60. The van der Waals surface area contributed by atoms with Crippen molar-refractivity contribution in [2.24, 2.45) is 5.92 Å². The molecule has 1 aliphatic carbocycles. The predicted molar refractivity (Wildman–Crippen MR) is 76.3 cm³/mol. The summed E-state index contributed by atoms with van der Waals surface area (Å²) in [5.41, 5.74) is 0.366. The zero-order valence-corrected chi connectivity index (χ0v) is 12.2. The number of hydrogen-bond acceptors (Lipinski definition) is 4. The van der Waals surface area contributed by atoms with E-state index in [1.165, 1.54) is 0 Å². The monoisotopic (exact) mass is 286 g/mol. The lowest BCUT2D eigenvalue weighted by Crippen LogP contribution is -2.48. The summed E-state index contributed by atoms with van der Waals surface area (Å²) in [7, 11) is 0. The van der Waals surface area contributed by atoms with E-state index < -0.39 is 17.4 Å². The van der Waals surface area contributed by atoms with Gasteiger partial charge in [-0.05, 0) is 44.2 Å². The van der Waals surface area contributed by atoms with Gasteiger partial charge in [0.15, 0.2) is 6.61 Å². The van der Waals surface area contributed by atoms with Gasteiger partial charge in [-0.2, -0.15) is 5.26 Å². The smallest absolute Gasteiger partial charge is 0.338 e. The lowest BCUT2D eigenvalue weighted by atomic mass is 9.98. The van der Waals surface area contributed by atoms with Gasteiger partial charge in [-0.25, -0.2) is 4.79 Å². The number of nitrogens with zero attached hydrogens (tertiary/aromatic N) is 1. The summed E-state index contributed by atoms with van der Waals surface area (Å²) in [4.78, 5) is 23.7. The molecule has 0 saturated heterocycles. The lowest BCUT2D eigenvalue weighted by molar-refractivity contribution is -0.125. The number of carbonyl (C=O) groups is 2. The zero-order valence-electron chi connectivity index (χ0n) is 12.2. The molecule has 1 atom stereocenters. The van der Waals surface area contributed by atoms with Gasteiger partial charge in [0.2, 0.25) is 0 Å². The third-order valence-corrected chi connectivity index (χ3v) is 3.72. The molecule has 1 aromatic carbocycles. The fourth-order valence-electron chi connectivity index (χ4n) is 2.22. The van der Waals surface area contributed by atoms with Crippen LogP contribution in [0.5, 0.6) is 0 Å². The van der Waals surface area contributed by atoms with E-state index in [9.17, 15) is 9.59 Å². The van der Waals surface area contributed by atoms with Gasteiger partial charge in [0, 0.05) is 0 Å². The molecule has 1 aromatic rings. The number of rotatable bonds is 5. The standard InChI is InChI=1S/C16H18N2O3/c1-11-5-3-4-6-13(11)15(20)21-9-14(19)18-16(2,10-17)12-7-8-12/h3-6,12H,7-9H2,1-2H3,(H,18,19)/t16-/m0/s1. The second kappa shape index (κ2) is 5.96. The van der Waals surface area contributed by atoms with Gasteiger partial charge < -0.3 is 10.1 Å².